The first-order chi connectivity index (χ1) is 18.8. The number of nitrogens with one attached hydrogen (secondary N) is 1. The van der Waals surface area contributed by atoms with Gasteiger partial charge in [-0.2, -0.15) is 13.5 Å². The molecule has 0 amide bonds. The van der Waals surface area contributed by atoms with E-state index in [-0.39, 0.29) is 16.4 Å². The maximum atomic E-state index is 12.8. The summed E-state index contributed by atoms with van der Waals surface area (Å²) >= 11 is 0. The van der Waals surface area contributed by atoms with E-state index >= 15 is 0 Å². The van der Waals surface area contributed by atoms with E-state index < -0.39 is 10.0 Å². The summed E-state index contributed by atoms with van der Waals surface area (Å²) in [6, 6.07) is 6.88. The van der Waals surface area contributed by atoms with Gasteiger partial charge in [0, 0.05) is 5.71 Å². The molecule has 0 heterocycles. The summed E-state index contributed by atoms with van der Waals surface area (Å²) in [7, 11) is -3.68. The SMILES string of the molecule is Cc1ccc(S(=O)(=O)N/N=C2\CC[C@@]3(C)C(C2)C[C@H](O)[C@H]2[C@@H]4CC[C@H]([C@H](C)CCCC(C)C)[C@@]4(C)CC[C@@H]23)cc1. The second kappa shape index (κ2) is 11.4. The Kier molecular flexibility index (Phi) is 8.54. The number of aliphatic hydroxyl groups excluding tert-OH is 1. The van der Waals surface area contributed by atoms with Crippen molar-refractivity contribution in [3.8, 4) is 0 Å². The molecule has 0 bridgehead atoms. The van der Waals surface area contributed by atoms with Gasteiger partial charge in [-0.1, -0.05) is 71.6 Å². The molecule has 9 atom stereocenters. The average Bonchev–Trinajstić information content (AvgIpc) is 3.25. The van der Waals surface area contributed by atoms with Crippen molar-refractivity contribution in [3.05, 3.63) is 29.8 Å². The van der Waals surface area contributed by atoms with Crippen molar-refractivity contribution in [2.45, 2.75) is 123 Å². The fourth-order valence-electron chi connectivity index (χ4n) is 10.0. The van der Waals surface area contributed by atoms with Gasteiger partial charge in [0.25, 0.3) is 10.0 Å². The lowest BCUT2D eigenvalue weighted by Gasteiger charge is -2.62. The van der Waals surface area contributed by atoms with Gasteiger partial charge >= 0.3 is 0 Å². The van der Waals surface area contributed by atoms with Crippen molar-refractivity contribution in [1.82, 2.24) is 4.83 Å². The van der Waals surface area contributed by atoms with Crippen LogP contribution in [0.4, 0.5) is 0 Å². The highest BCUT2D eigenvalue weighted by molar-refractivity contribution is 7.89. The van der Waals surface area contributed by atoms with Gasteiger partial charge in [0.15, 0.2) is 0 Å². The Morgan fingerprint density at radius 2 is 1.70 bits per heavy atom. The minimum absolute atomic E-state index is 0.195. The first-order valence-electron chi connectivity index (χ1n) is 16.2. The lowest BCUT2D eigenvalue weighted by Crippen LogP contribution is -2.58. The number of hydrogen-bond donors (Lipinski definition) is 2. The third-order valence-electron chi connectivity index (χ3n) is 12.4. The fourth-order valence-corrected chi connectivity index (χ4v) is 10.9. The molecule has 0 aromatic heterocycles. The zero-order valence-electron chi connectivity index (χ0n) is 25.8. The zero-order chi connectivity index (χ0) is 28.9. The summed E-state index contributed by atoms with van der Waals surface area (Å²) < 4.78 is 25.6. The molecule has 40 heavy (non-hydrogen) atoms. The number of aryl methyl sites for hydroxylation is 1. The van der Waals surface area contributed by atoms with Crippen molar-refractivity contribution in [1.29, 1.82) is 0 Å². The monoisotopic (exact) mass is 570 g/mol. The van der Waals surface area contributed by atoms with E-state index in [0.29, 0.717) is 29.1 Å². The first kappa shape index (κ1) is 30.1. The van der Waals surface area contributed by atoms with Crippen LogP contribution in [0.15, 0.2) is 34.3 Å². The fraction of sp³-hybridized carbons (Fsp3) is 0.794. The summed E-state index contributed by atoms with van der Waals surface area (Å²) in [6.07, 6.45) is 12.4. The summed E-state index contributed by atoms with van der Waals surface area (Å²) in [5.41, 5.74) is 2.51. The third kappa shape index (κ3) is 5.53. The number of aliphatic hydroxyl groups is 1. The van der Waals surface area contributed by atoms with Crippen molar-refractivity contribution in [2.75, 3.05) is 0 Å². The van der Waals surface area contributed by atoms with Crippen LogP contribution in [0.5, 0.6) is 0 Å². The second-order valence-corrected chi connectivity index (χ2v) is 16.8. The van der Waals surface area contributed by atoms with E-state index in [2.05, 4.69) is 44.6 Å². The molecule has 0 aliphatic heterocycles. The van der Waals surface area contributed by atoms with Gasteiger partial charge in [0.05, 0.1) is 11.0 Å². The van der Waals surface area contributed by atoms with Gasteiger partial charge in [-0.25, -0.2) is 4.83 Å². The number of hydrogen-bond acceptors (Lipinski definition) is 4. The van der Waals surface area contributed by atoms with Crippen LogP contribution >= 0.6 is 0 Å². The predicted octanol–water partition coefficient (Wildman–Crippen LogP) is 7.72. The third-order valence-corrected chi connectivity index (χ3v) is 13.6. The molecule has 5 rings (SSSR count). The van der Waals surface area contributed by atoms with E-state index in [1.165, 1.54) is 44.9 Å². The molecule has 1 unspecified atom stereocenters. The smallest absolute Gasteiger partial charge is 0.276 e. The van der Waals surface area contributed by atoms with Crippen molar-refractivity contribution in [3.63, 3.8) is 0 Å². The Bertz CT molecular complexity index is 1180. The van der Waals surface area contributed by atoms with Gasteiger partial charge in [0.1, 0.15) is 0 Å². The van der Waals surface area contributed by atoms with Crippen LogP contribution in [-0.4, -0.2) is 25.3 Å². The van der Waals surface area contributed by atoms with Crippen LogP contribution in [0.3, 0.4) is 0 Å². The van der Waals surface area contributed by atoms with E-state index in [0.717, 1.165) is 54.7 Å². The van der Waals surface area contributed by atoms with Crippen LogP contribution in [0, 0.1) is 59.2 Å². The molecule has 2 N–H and O–H groups in total. The molecule has 224 valence electrons. The highest BCUT2D eigenvalue weighted by Gasteiger charge is 2.62. The molecule has 4 fully saturated rings. The van der Waals surface area contributed by atoms with Crippen LogP contribution in [0.25, 0.3) is 0 Å². The second-order valence-electron chi connectivity index (χ2n) is 15.1. The minimum Gasteiger partial charge on any atom is -0.393 e. The van der Waals surface area contributed by atoms with Crippen LogP contribution in [0.1, 0.15) is 111 Å². The Morgan fingerprint density at radius 1 is 1.00 bits per heavy atom. The molecule has 5 nitrogen and oxygen atoms in total. The van der Waals surface area contributed by atoms with E-state index in [1.807, 2.05) is 19.1 Å². The number of benzene rings is 1. The van der Waals surface area contributed by atoms with E-state index in [9.17, 15) is 13.5 Å². The van der Waals surface area contributed by atoms with Crippen LogP contribution < -0.4 is 4.83 Å². The van der Waals surface area contributed by atoms with Crippen molar-refractivity contribution >= 4 is 15.7 Å². The molecule has 0 saturated heterocycles. The molecule has 4 saturated carbocycles. The number of fused-ring (bicyclic) bond motifs is 5. The number of sulfonamides is 1. The van der Waals surface area contributed by atoms with Gasteiger partial charge < -0.3 is 5.11 Å². The molecule has 1 aromatic rings. The highest BCUT2D eigenvalue weighted by atomic mass is 32.2. The van der Waals surface area contributed by atoms with Gasteiger partial charge in [0.2, 0.25) is 0 Å². The first-order valence-corrected chi connectivity index (χ1v) is 17.7. The quantitative estimate of drug-likeness (QED) is 0.314. The number of rotatable bonds is 8. The van der Waals surface area contributed by atoms with Crippen LogP contribution in [-0.2, 0) is 10.0 Å². The van der Waals surface area contributed by atoms with Crippen molar-refractivity contribution in [2.24, 2.45) is 57.4 Å². The maximum absolute atomic E-state index is 12.8. The molecule has 6 heteroatoms. The maximum Gasteiger partial charge on any atom is 0.276 e. The summed E-state index contributed by atoms with van der Waals surface area (Å²) in [5, 5.41) is 16.1. The lowest BCUT2D eigenvalue weighted by molar-refractivity contribution is -0.157. The van der Waals surface area contributed by atoms with Gasteiger partial charge in [-0.05, 0) is 123 Å². The standard InChI is InChI=1S/C34H54N2O3S/c1-22(2)8-7-9-24(4)28-14-15-29-32-30(17-19-34(28,29)6)33(5)18-16-26(20-25(33)21-31(32)37)35-36-40(38,39)27-12-10-23(3)11-13-27/h10-13,22,24-25,28-32,36-37H,7-9,14-21H2,1-6H3/b35-26+/t24-,25?,28-,29+,30+,31+,32+,33+,34-/m1/s1. The summed E-state index contributed by atoms with van der Waals surface area (Å²) in [4.78, 5) is 2.75. The Morgan fingerprint density at radius 3 is 2.40 bits per heavy atom. The Hall–Kier alpha value is -1.40. The zero-order valence-corrected chi connectivity index (χ0v) is 26.6. The summed E-state index contributed by atoms with van der Waals surface area (Å²) in [5.74, 6) is 4.30. The van der Waals surface area contributed by atoms with E-state index in [4.69, 9.17) is 0 Å². The Labute approximate surface area is 244 Å². The van der Waals surface area contributed by atoms with Crippen molar-refractivity contribution < 1.29 is 13.5 Å². The normalized spacial score (nSPS) is 39.5. The topological polar surface area (TPSA) is 78.8 Å². The number of hydrazone groups is 1. The lowest BCUT2D eigenvalue weighted by atomic mass is 9.43. The number of nitrogens with zero attached hydrogens (tertiary/aromatic N) is 1. The molecule has 0 spiro atoms. The molecular formula is C34H54N2O3S. The highest BCUT2D eigenvalue weighted by Crippen LogP contribution is 2.68. The summed E-state index contributed by atoms with van der Waals surface area (Å²) in [6.45, 7) is 14.2. The Balaban J connectivity index is 1.27. The largest absolute Gasteiger partial charge is 0.393 e. The molecule has 4 aliphatic carbocycles. The van der Waals surface area contributed by atoms with Gasteiger partial charge in [-0.3, -0.25) is 0 Å². The van der Waals surface area contributed by atoms with E-state index in [1.54, 1.807) is 12.1 Å². The van der Waals surface area contributed by atoms with Crippen LogP contribution in [0.2, 0.25) is 0 Å². The predicted molar refractivity (Wildman–Crippen MR) is 163 cm³/mol. The molecule has 4 aliphatic rings. The average molecular weight is 571 g/mol. The molecular weight excluding hydrogens is 516 g/mol. The molecule has 1 aromatic carbocycles. The van der Waals surface area contributed by atoms with Gasteiger partial charge in [-0.15, -0.1) is 0 Å². The molecule has 0 radical (unpaired) electrons. The minimum atomic E-state index is -3.68.